The first-order chi connectivity index (χ1) is 9.81. The third kappa shape index (κ3) is 3.87. The Morgan fingerprint density at radius 2 is 2.00 bits per heavy atom. The number of aliphatic imine (C=N–C) groups is 1. The summed E-state index contributed by atoms with van der Waals surface area (Å²) in [6.07, 6.45) is 1.44. The Kier molecular flexibility index (Phi) is 4.76. The van der Waals surface area contributed by atoms with E-state index >= 15 is 0 Å². The molecular formula is C15H21F3N2O. The van der Waals surface area contributed by atoms with Gasteiger partial charge in [0.1, 0.15) is 6.61 Å². The summed E-state index contributed by atoms with van der Waals surface area (Å²) >= 11 is 0. The van der Waals surface area contributed by atoms with Gasteiger partial charge in [-0.05, 0) is 51.9 Å². The lowest BCUT2D eigenvalue weighted by molar-refractivity contribution is -0.0913. The Morgan fingerprint density at radius 1 is 1.33 bits per heavy atom. The molecule has 21 heavy (non-hydrogen) atoms. The summed E-state index contributed by atoms with van der Waals surface area (Å²) in [4.78, 5) is 5.94. The third-order valence-corrected chi connectivity index (χ3v) is 4.47. The first-order valence-corrected chi connectivity index (χ1v) is 7.08. The van der Waals surface area contributed by atoms with Crippen molar-refractivity contribution in [1.29, 1.82) is 0 Å². The summed E-state index contributed by atoms with van der Waals surface area (Å²) in [5.41, 5.74) is -0.691. The maximum Gasteiger partial charge on any atom is 0.412 e. The second kappa shape index (κ2) is 6.22. The first-order valence-electron chi connectivity index (χ1n) is 7.08. The van der Waals surface area contributed by atoms with Gasteiger partial charge in [0.05, 0.1) is 0 Å². The number of rotatable bonds is 5. The van der Waals surface area contributed by atoms with Crippen LogP contribution in [0.1, 0.15) is 26.2 Å². The molecule has 0 aromatic carbocycles. The van der Waals surface area contributed by atoms with Crippen molar-refractivity contribution in [3.63, 3.8) is 0 Å². The molecule has 3 rings (SSSR count). The maximum atomic E-state index is 12.4. The normalized spacial score (nSPS) is 30.8. The lowest BCUT2D eigenvalue weighted by atomic mass is 9.71. The molecule has 2 bridgehead atoms. The van der Waals surface area contributed by atoms with Gasteiger partial charge >= 0.3 is 6.18 Å². The average molecular weight is 302 g/mol. The van der Waals surface area contributed by atoms with Crippen LogP contribution in [0.2, 0.25) is 0 Å². The van der Waals surface area contributed by atoms with Gasteiger partial charge in [-0.3, -0.25) is 4.90 Å². The van der Waals surface area contributed by atoms with Gasteiger partial charge in [-0.25, -0.2) is 4.99 Å². The quantitative estimate of drug-likeness (QED) is 0.441. The number of alkyl halides is 3. The molecule has 1 aliphatic carbocycles. The van der Waals surface area contributed by atoms with Crippen LogP contribution in [0.25, 0.3) is 0 Å². The van der Waals surface area contributed by atoms with E-state index < -0.39 is 11.7 Å². The van der Waals surface area contributed by atoms with Crippen molar-refractivity contribution in [2.75, 3.05) is 13.7 Å². The number of likely N-dealkylation sites (N-methyl/N-ethyl adjacent to an activating group) is 1. The van der Waals surface area contributed by atoms with Gasteiger partial charge in [0.25, 0.3) is 0 Å². The Morgan fingerprint density at radius 3 is 2.52 bits per heavy atom. The fraction of sp³-hybridized carbons (Fsp3) is 0.667. The standard InChI is InChI=1S/C15H21F3N2O/c1-10(15(16,17)18)4-5-14(19-2)21-9-13-8-11-6-12(7-11)20(13)3/h4-5,11-13H,2,6-9H2,1,3H3/b10-4+,14-5+. The molecule has 1 unspecified atom stereocenters. The number of piperidine rings is 2. The van der Waals surface area contributed by atoms with Crippen molar-refractivity contribution in [3.8, 4) is 0 Å². The van der Waals surface area contributed by atoms with Crippen LogP contribution in [0.3, 0.4) is 0 Å². The molecule has 2 heterocycles. The predicted octanol–water partition coefficient (Wildman–Crippen LogP) is 3.54. The largest absolute Gasteiger partial charge is 0.476 e. The van der Waals surface area contributed by atoms with Gasteiger partial charge in [0.2, 0.25) is 5.88 Å². The van der Waals surface area contributed by atoms with Gasteiger partial charge < -0.3 is 4.74 Å². The Labute approximate surface area is 123 Å². The zero-order valence-electron chi connectivity index (χ0n) is 12.4. The van der Waals surface area contributed by atoms with Crippen LogP contribution < -0.4 is 0 Å². The molecule has 0 aromatic rings. The van der Waals surface area contributed by atoms with Crippen LogP contribution in [0, 0.1) is 5.92 Å². The molecule has 1 atom stereocenters. The topological polar surface area (TPSA) is 24.8 Å². The summed E-state index contributed by atoms with van der Waals surface area (Å²) in [7, 11) is 2.08. The van der Waals surface area contributed by atoms with Crippen molar-refractivity contribution < 1.29 is 17.9 Å². The highest BCUT2D eigenvalue weighted by Gasteiger charge is 2.42. The molecule has 3 fully saturated rings. The average Bonchev–Trinajstić information content (AvgIpc) is 2.37. The Balaban J connectivity index is 1.89. The van der Waals surface area contributed by atoms with Crippen LogP contribution in [0.15, 0.2) is 28.6 Å². The van der Waals surface area contributed by atoms with Gasteiger partial charge in [0.15, 0.2) is 0 Å². The predicted molar refractivity (Wildman–Crippen MR) is 76.1 cm³/mol. The van der Waals surface area contributed by atoms with E-state index in [0.29, 0.717) is 18.7 Å². The number of halogens is 3. The van der Waals surface area contributed by atoms with E-state index in [1.165, 1.54) is 18.9 Å². The fourth-order valence-electron chi connectivity index (χ4n) is 2.88. The molecule has 118 valence electrons. The summed E-state index contributed by atoms with van der Waals surface area (Å²) in [6, 6.07) is 0.939. The molecule has 0 N–H and O–H groups in total. The summed E-state index contributed by atoms with van der Waals surface area (Å²) < 4.78 is 42.7. The van der Waals surface area contributed by atoms with Gasteiger partial charge in [-0.1, -0.05) is 0 Å². The highest BCUT2D eigenvalue weighted by atomic mass is 19.4. The van der Waals surface area contributed by atoms with E-state index in [-0.39, 0.29) is 5.88 Å². The summed E-state index contributed by atoms with van der Waals surface area (Å²) in [5.74, 6) is 0.905. The Hall–Kier alpha value is -1.30. The van der Waals surface area contributed by atoms with E-state index in [0.717, 1.165) is 25.3 Å². The second-order valence-corrected chi connectivity index (χ2v) is 5.87. The zero-order chi connectivity index (χ0) is 15.6. The number of allylic oxidation sites excluding steroid dienone is 3. The van der Waals surface area contributed by atoms with E-state index in [4.69, 9.17) is 4.74 Å². The number of hydrogen-bond donors (Lipinski definition) is 0. The second-order valence-electron chi connectivity index (χ2n) is 5.87. The third-order valence-electron chi connectivity index (χ3n) is 4.47. The molecule has 0 spiro atoms. The Bertz CT molecular complexity index is 450. The van der Waals surface area contributed by atoms with Crippen LogP contribution >= 0.6 is 0 Å². The van der Waals surface area contributed by atoms with E-state index in [1.807, 2.05) is 0 Å². The number of hydrogen-bond acceptors (Lipinski definition) is 3. The highest BCUT2D eigenvalue weighted by molar-refractivity contribution is 5.29. The van der Waals surface area contributed by atoms with Crippen molar-refractivity contribution in [2.45, 2.75) is 44.4 Å². The molecule has 0 amide bonds. The minimum Gasteiger partial charge on any atom is -0.476 e. The maximum absolute atomic E-state index is 12.4. The van der Waals surface area contributed by atoms with E-state index in [9.17, 15) is 13.2 Å². The monoisotopic (exact) mass is 302 g/mol. The number of ether oxygens (including phenoxy) is 1. The smallest absolute Gasteiger partial charge is 0.412 e. The molecular weight excluding hydrogens is 281 g/mol. The summed E-state index contributed by atoms with van der Waals surface area (Å²) in [5, 5.41) is 0. The summed E-state index contributed by atoms with van der Waals surface area (Å²) in [6.45, 7) is 4.79. The van der Waals surface area contributed by atoms with Crippen LogP contribution in [-0.2, 0) is 4.74 Å². The SMILES string of the molecule is C=N/C(=C\C=C(/C)C(F)(F)F)OCC1CC2CC(C2)N1C. The van der Waals surface area contributed by atoms with Crippen molar-refractivity contribution >= 4 is 6.72 Å². The first kappa shape index (κ1) is 16.1. The van der Waals surface area contributed by atoms with E-state index in [2.05, 4.69) is 23.7 Å². The van der Waals surface area contributed by atoms with Crippen molar-refractivity contribution in [2.24, 2.45) is 10.9 Å². The van der Waals surface area contributed by atoms with Crippen molar-refractivity contribution in [1.82, 2.24) is 4.90 Å². The van der Waals surface area contributed by atoms with Gasteiger partial charge in [-0.15, -0.1) is 0 Å². The minimum atomic E-state index is -4.33. The zero-order valence-corrected chi connectivity index (χ0v) is 12.4. The van der Waals surface area contributed by atoms with Gasteiger partial charge in [0, 0.05) is 23.7 Å². The highest BCUT2D eigenvalue weighted by Crippen LogP contribution is 2.41. The van der Waals surface area contributed by atoms with Crippen LogP contribution in [-0.4, -0.2) is 43.5 Å². The van der Waals surface area contributed by atoms with Crippen molar-refractivity contribution in [3.05, 3.63) is 23.6 Å². The van der Waals surface area contributed by atoms with E-state index in [1.54, 1.807) is 0 Å². The minimum absolute atomic E-state index is 0.131. The molecule has 2 aliphatic heterocycles. The number of fused-ring (bicyclic) bond motifs is 2. The molecule has 3 aliphatic rings. The molecule has 1 saturated carbocycles. The fourth-order valence-corrected chi connectivity index (χ4v) is 2.88. The number of nitrogens with zero attached hydrogens (tertiary/aromatic N) is 2. The molecule has 6 heteroatoms. The van der Waals surface area contributed by atoms with Gasteiger partial charge in [-0.2, -0.15) is 13.2 Å². The van der Waals surface area contributed by atoms with Crippen LogP contribution in [0.4, 0.5) is 13.2 Å². The molecule has 2 saturated heterocycles. The molecule has 0 aromatic heterocycles. The lowest BCUT2D eigenvalue weighted by Crippen LogP contribution is -2.56. The lowest BCUT2D eigenvalue weighted by Gasteiger charge is -2.52. The molecule has 0 radical (unpaired) electrons. The van der Waals surface area contributed by atoms with Crippen LogP contribution in [0.5, 0.6) is 0 Å². The molecule has 3 nitrogen and oxygen atoms in total.